The predicted octanol–water partition coefficient (Wildman–Crippen LogP) is 2.52. The third-order valence-corrected chi connectivity index (χ3v) is 4.76. The molecule has 5 nitrogen and oxygen atoms in total. The number of carbonyl (C=O) groups excluding carboxylic acids is 1. The molecule has 0 radical (unpaired) electrons. The first-order chi connectivity index (χ1) is 11.1. The van der Waals surface area contributed by atoms with Crippen LogP contribution in [0.1, 0.15) is 50.4 Å². The van der Waals surface area contributed by atoms with E-state index >= 15 is 0 Å². The van der Waals surface area contributed by atoms with Crippen molar-refractivity contribution in [2.75, 3.05) is 31.1 Å². The van der Waals surface area contributed by atoms with Gasteiger partial charge in [-0.05, 0) is 51.2 Å². The smallest absolute Gasteiger partial charge is 0.255 e. The van der Waals surface area contributed by atoms with E-state index in [4.69, 9.17) is 5.73 Å². The first kappa shape index (κ1) is 17.7. The molecule has 1 aromatic heterocycles. The van der Waals surface area contributed by atoms with Crippen LogP contribution in [0.2, 0.25) is 0 Å². The monoisotopic (exact) mass is 318 g/mol. The molecular weight excluding hydrogens is 288 g/mol. The summed E-state index contributed by atoms with van der Waals surface area (Å²) in [6.07, 6.45) is 4.79. The van der Waals surface area contributed by atoms with Crippen LogP contribution in [0, 0.1) is 5.92 Å². The highest BCUT2D eigenvalue weighted by molar-refractivity contribution is 5.94. The Hall–Kier alpha value is -1.62. The number of nitrogens with two attached hydrogens (primary N) is 1. The lowest BCUT2D eigenvalue weighted by atomic mass is 9.91. The molecule has 5 heteroatoms. The fourth-order valence-corrected chi connectivity index (χ4v) is 3.22. The second-order valence-electron chi connectivity index (χ2n) is 6.47. The van der Waals surface area contributed by atoms with Crippen molar-refractivity contribution in [3.05, 3.63) is 23.9 Å². The van der Waals surface area contributed by atoms with E-state index in [9.17, 15) is 4.79 Å². The minimum atomic E-state index is 0.0886. The third-order valence-electron chi connectivity index (χ3n) is 4.76. The molecule has 0 aliphatic carbocycles. The van der Waals surface area contributed by atoms with Gasteiger partial charge in [-0.1, -0.05) is 6.92 Å². The Kier molecular flexibility index (Phi) is 6.39. The summed E-state index contributed by atoms with van der Waals surface area (Å²) in [6, 6.07) is 4.08. The lowest BCUT2D eigenvalue weighted by molar-refractivity contribution is 0.0680. The van der Waals surface area contributed by atoms with Gasteiger partial charge in [-0.3, -0.25) is 4.79 Å². The fraction of sp³-hybridized carbons (Fsp3) is 0.667. The molecule has 1 amide bonds. The van der Waals surface area contributed by atoms with Gasteiger partial charge in [0.2, 0.25) is 0 Å². The van der Waals surface area contributed by atoms with Gasteiger partial charge in [-0.2, -0.15) is 0 Å². The molecule has 1 aromatic rings. The largest absolute Gasteiger partial charge is 0.357 e. The molecule has 1 aliphatic heterocycles. The van der Waals surface area contributed by atoms with Gasteiger partial charge in [0.1, 0.15) is 5.82 Å². The van der Waals surface area contributed by atoms with E-state index in [1.165, 1.54) is 0 Å². The molecule has 2 N–H and O–H groups in total. The highest BCUT2D eigenvalue weighted by Crippen LogP contribution is 2.21. The molecule has 23 heavy (non-hydrogen) atoms. The molecule has 0 spiro atoms. The second kappa shape index (κ2) is 8.29. The average Bonchev–Trinajstić information content (AvgIpc) is 2.59. The number of hydrogen-bond acceptors (Lipinski definition) is 4. The van der Waals surface area contributed by atoms with Gasteiger partial charge in [0, 0.05) is 38.4 Å². The molecule has 1 saturated heterocycles. The lowest BCUT2D eigenvalue weighted by Crippen LogP contribution is -2.42. The average molecular weight is 318 g/mol. The number of nitrogens with zero attached hydrogens (tertiary/aromatic N) is 3. The van der Waals surface area contributed by atoms with Crippen LogP contribution in [0.25, 0.3) is 0 Å². The van der Waals surface area contributed by atoms with E-state index < -0.39 is 0 Å². The number of pyridine rings is 1. The zero-order valence-corrected chi connectivity index (χ0v) is 14.7. The van der Waals surface area contributed by atoms with Gasteiger partial charge >= 0.3 is 0 Å². The van der Waals surface area contributed by atoms with Crippen molar-refractivity contribution in [3.63, 3.8) is 0 Å². The maximum Gasteiger partial charge on any atom is 0.255 e. The van der Waals surface area contributed by atoms with E-state index in [0.29, 0.717) is 11.5 Å². The van der Waals surface area contributed by atoms with E-state index in [2.05, 4.69) is 30.7 Å². The number of carbonyl (C=O) groups is 1. The number of rotatable bonds is 6. The first-order valence-electron chi connectivity index (χ1n) is 8.82. The van der Waals surface area contributed by atoms with E-state index in [0.717, 1.165) is 51.3 Å². The minimum absolute atomic E-state index is 0.0886. The molecule has 1 unspecified atom stereocenters. The van der Waals surface area contributed by atoms with Gasteiger partial charge < -0.3 is 15.5 Å². The lowest BCUT2D eigenvalue weighted by Gasteiger charge is -2.33. The van der Waals surface area contributed by atoms with E-state index in [-0.39, 0.29) is 11.9 Å². The molecule has 0 bridgehead atoms. The van der Waals surface area contributed by atoms with Crippen molar-refractivity contribution in [2.45, 2.75) is 46.1 Å². The van der Waals surface area contributed by atoms with Crippen molar-refractivity contribution < 1.29 is 4.79 Å². The highest BCUT2D eigenvalue weighted by Gasteiger charge is 2.25. The summed E-state index contributed by atoms with van der Waals surface area (Å²) < 4.78 is 0. The molecule has 128 valence electrons. The van der Waals surface area contributed by atoms with E-state index in [1.807, 2.05) is 17.0 Å². The standard InChI is InChI=1S/C18H30N4O/c1-4-10-21(5-2)17-7-6-16(13-20-17)18(23)22-11-8-15(9-12-22)14(3)19/h6-7,13-15H,4-5,8-12,19H2,1-3H3. The summed E-state index contributed by atoms with van der Waals surface area (Å²) in [5.41, 5.74) is 6.65. The molecule has 2 rings (SSSR count). The van der Waals surface area contributed by atoms with Crippen LogP contribution in [0.4, 0.5) is 5.82 Å². The van der Waals surface area contributed by atoms with Crippen LogP contribution in [0.5, 0.6) is 0 Å². The number of likely N-dealkylation sites (tertiary alicyclic amines) is 1. The summed E-state index contributed by atoms with van der Waals surface area (Å²) >= 11 is 0. The fourth-order valence-electron chi connectivity index (χ4n) is 3.22. The molecule has 1 aliphatic rings. The number of anilines is 1. The molecule has 0 aromatic carbocycles. The molecule has 2 heterocycles. The van der Waals surface area contributed by atoms with Crippen molar-refractivity contribution in [3.8, 4) is 0 Å². The van der Waals surface area contributed by atoms with Crippen molar-refractivity contribution >= 4 is 11.7 Å². The Bertz CT molecular complexity index is 492. The van der Waals surface area contributed by atoms with Crippen LogP contribution in [0.15, 0.2) is 18.3 Å². The first-order valence-corrected chi connectivity index (χ1v) is 8.82. The van der Waals surface area contributed by atoms with Gasteiger partial charge in [0.15, 0.2) is 0 Å². The third kappa shape index (κ3) is 4.44. The van der Waals surface area contributed by atoms with Crippen molar-refractivity contribution in [1.29, 1.82) is 0 Å². The number of hydrogen-bond donors (Lipinski definition) is 1. The molecular formula is C18H30N4O. The van der Waals surface area contributed by atoms with Gasteiger partial charge in [0.25, 0.3) is 5.91 Å². The molecule has 1 fully saturated rings. The Morgan fingerprint density at radius 2 is 2.09 bits per heavy atom. The number of amides is 1. The molecule has 1 atom stereocenters. The number of aromatic nitrogens is 1. The normalized spacial score (nSPS) is 17.1. The number of piperidine rings is 1. The van der Waals surface area contributed by atoms with E-state index in [1.54, 1.807) is 6.20 Å². The summed E-state index contributed by atoms with van der Waals surface area (Å²) in [4.78, 5) is 21.2. The predicted molar refractivity (Wildman–Crippen MR) is 94.7 cm³/mol. The minimum Gasteiger partial charge on any atom is -0.357 e. The maximum atomic E-state index is 12.6. The van der Waals surface area contributed by atoms with Crippen LogP contribution >= 0.6 is 0 Å². The second-order valence-corrected chi connectivity index (χ2v) is 6.47. The zero-order valence-electron chi connectivity index (χ0n) is 14.7. The Labute approximate surface area is 139 Å². The summed E-state index contributed by atoms with van der Waals surface area (Å²) in [5, 5.41) is 0. The topological polar surface area (TPSA) is 62.5 Å². The quantitative estimate of drug-likeness (QED) is 0.875. The SMILES string of the molecule is CCCN(CC)c1ccc(C(=O)N2CCC(C(C)N)CC2)cn1. The summed E-state index contributed by atoms with van der Waals surface area (Å²) in [6.45, 7) is 9.85. The van der Waals surface area contributed by atoms with Crippen molar-refractivity contribution in [2.24, 2.45) is 11.7 Å². The van der Waals surface area contributed by atoms with Gasteiger partial charge in [0.05, 0.1) is 5.56 Å². The van der Waals surface area contributed by atoms with Crippen LogP contribution in [-0.4, -0.2) is 48.0 Å². The maximum absolute atomic E-state index is 12.6. The Morgan fingerprint density at radius 1 is 1.39 bits per heavy atom. The van der Waals surface area contributed by atoms with Crippen molar-refractivity contribution in [1.82, 2.24) is 9.88 Å². The Morgan fingerprint density at radius 3 is 2.57 bits per heavy atom. The zero-order chi connectivity index (χ0) is 16.8. The summed E-state index contributed by atoms with van der Waals surface area (Å²) in [5.74, 6) is 1.57. The van der Waals surface area contributed by atoms with Crippen LogP contribution in [-0.2, 0) is 0 Å². The van der Waals surface area contributed by atoms with Gasteiger partial charge in [-0.25, -0.2) is 4.98 Å². The van der Waals surface area contributed by atoms with Gasteiger partial charge in [-0.15, -0.1) is 0 Å². The molecule has 0 saturated carbocycles. The Balaban J connectivity index is 1.98. The van der Waals surface area contributed by atoms with Crippen LogP contribution < -0.4 is 10.6 Å². The van der Waals surface area contributed by atoms with Crippen LogP contribution in [0.3, 0.4) is 0 Å². The highest BCUT2D eigenvalue weighted by atomic mass is 16.2. The summed E-state index contributed by atoms with van der Waals surface area (Å²) in [7, 11) is 0.